The first kappa shape index (κ1) is 10.7. The third-order valence-electron chi connectivity index (χ3n) is 2.07. The zero-order valence-electron chi connectivity index (χ0n) is 8.61. The first-order valence-corrected chi connectivity index (χ1v) is 4.35. The minimum Gasteiger partial charge on any atom is -0.496 e. The largest absolute Gasteiger partial charge is 0.496 e. The number of hydrogen-bond acceptors (Lipinski definition) is 3. The summed E-state index contributed by atoms with van der Waals surface area (Å²) in [5, 5.41) is 0. The number of hydrogen-bond donors (Lipinski definition) is 0. The Hall–Kier alpha value is -1.35. The van der Waals surface area contributed by atoms with Gasteiger partial charge in [0.15, 0.2) is 6.29 Å². The number of aldehydes is 1. The van der Waals surface area contributed by atoms with Crippen LogP contribution in [0.5, 0.6) is 5.75 Å². The van der Waals surface area contributed by atoms with Gasteiger partial charge < -0.3 is 14.3 Å². The van der Waals surface area contributed by atoms with Crippen molar-refractivity contribution in [2.45, 2.75) is 13.0 Å². The SMILES string of the molecule is COc1cc(C)ccc1C(C=O)OC. The van der Waals surface area contributed by atoms with Crippen molar-refractivity contribution in [1.82, 2.24) is 0 Å². The predicted molar refractivity (Wildman–Crippen MR) is 53.5 cm³/mol. The Balaban J connectivity index is 3.12. The summed E-state index contributed by atoms with van der Waals surface area (Å²) in [6.45, 7) is 1.97. The van der Waals surface area contributed by atoms with Crippen molar-refractivity contribution < 1.29 is 14.3 Å². The van der Waals surface area contributed by atoms with Gasteiger partial charge in [-0.3, -0.25) is 0 Å². The van der Waals surface area contributed by atoms with E-state index in [1.807, 2.05) is 25.1 Å². The number of carbonyl (C=O) groups excluding carboxylic acids is 1. The average molecular weight is 194 g/mol. The van der Waals surface area contributed by atoms with Crippen LogP contribution < -0.4 is 4.74 Å². The average Bonchev–Trinajstić information content (AvgIpc) is 2.21. The summed E-state index contributed by atoms with van der Waals surface area (Å²) < 4.78 is 10.2. The molecular weight excluding hydrogens is 180 g/mol. The smallest absolute Gasteiger partial charge is 0.153 e. The van der Waals surface area contributed by atoms with Crippen LogP contribution in [0.25, 0.3) is 0 Å². The number of carbonyl (C=O) groups is 1. The summed E-state index contributed by atoms with van der Waals surface area (Å²) in [6.07, 6.45) is 0.207. The van der Waals surface area contributed by atoms with Gasteiger partial charge in [-0.25, -0.2) is 0 Å². The minimum atomic E-state index is -0.550. The van der Waals surface area contributed by atoms with E-state index in [0.717, 1.165) is 17.4 Å². The third kappa shape index (κ3) is 2.12. The van der Waals surface area contributed by atoms with E-state index in [-0.39, 0.29) is 0 Å². The van der Waals surface area contributed by atoms with Gasteiger partial charge in [0, 0.05) is 12.7 Å². The van der Waals surface area contributed by atoms with Crippen LogP contribution in [0.3, 0.4) is 0 Å². The number of benzene rings is 1. The van der Waals surface area contributed by atoms with Crippen molar-refractivity contribution in [3.8, 4) is 5.75 Å². The molecule has 0 fully saturated rings. The van der Waals surface area contributed by atoms with Crippen LogP contribution in [0.2, 0.25) is 0 Å². The Morgan fingerprint density at radius 2 is 2.07 bits per heavy atom. The lowest BCUT2D eigenvalue weighted by Gasteiger charge is -2.13. The van der Waals surface area contributed by atoms with Crippen LogP contribution in [0, 0.1) is 6.92 Å². The maximum absolute atomic E-state index is 10.7. The molecule has 1 unspecified atom stereocenters. The van der Waals surface area contributed by atoms with Gasteiger partial charge in [-0.15, -0.1) is 0 Å². The number of ether oxygens (including phenoxy) is 2. The summed E-state index contributed by atoms with van der Waals surface area (Å²) in [6, 6.07) is 5.65. The first-order valence-electron chi connectivity index (χ1n) is 4.35. The van der Waals surface area contributed by atoms with Gasteiger partial charge in [0.05, 0.1) is 7.11 Å². The molecule has 0 aliphatic heterocycles. The van der Waals surface area contributed by atoms with E-state index in [9.17, 15) is 4.79 Å². The Labute approximate surface area is 83.6 Å². The second kappa shape index (κ2) is 4.77. The van der Waals surface area contributed by atoms with Crippen molar-refractivity contribution in [2.75, 3.05) is 14.2 Å². The van der Waals surface area contributed by atoms with Gasteiger partial charge in [-0.2, -0.15) is 0 Å². The molecule has 1 aromatic rings. The first-order chi connectivity index (χ1) is 6.72. The van der Waals surface area contributed by atoms with Crippen LogP contribution in [0.15, 0.2) is 18.2 Å². The molecule has 0 saturated heterocycles. The summed E-state index contributed by atoms with van der Waals surface area (Å²) in [4.78, 5) is 10.7. The van der Waals surface area contributed by atoms with Crippen LogP contribution in [0.1, 0.15) is 17.2 Å². The van der Waals surface area contributed by atoms with E-state index in [1.54, 1.807) is 7.11 Å². The second-order valence-corrected chi connectivity index (χ2v) is 3.04. The lowest BCUT2D eigenvalue weighted by Crippen LogP contribution is -2.04. The molecule has 14 heavy (non-hydrogen) atoms. The summed E-state index contributed by atoms with van der Waals surface area (Å²) in [7, 11) is 3.08. The van der Waals surface area contributed by atoms with Crippen LogP contribution >= 0.6 is 0 Å². The fourth-order valence-electron chi connectivity index (χ4n) is 1.31. The predicted octanol–water partition coefficient (Wildman–Crippen LogP) is 1.89. The van der Waals surface area contributed by atoms with E-state index >= 15 is 0 Å². The zero-order valence-corrected chi connectivity index (χ0v) is 8.61. The number of methoxy groups -OCH3 is 2. The van der Waals surface area contributed by atoms with Gasteiger partial charge in [-0.05, 0) is 18.6 Å². The maximum Gasteiger partial charge on any atom is 0.153 e. The molecule has 0 saturated carbocycles. The molecule has 3 nitrogen and oxygen atoms in total. The second-order valence-electron chi connectivity index (χ2n) is 3.04. The topological polar surface area (TPSA) is 35.5 Å². The lowest BCUT2D eigenvalue weighted by atomic mass is 10.1. The molecule has 3 heteroatoms. The lowest BCUT2D eigenvalue weighted by molar-refractivity contribution is -0.116. The molecule has 0 heterocycles. The van der Waals surface area contributed by atoms with Gasteiger partial charge >= 0.3 is 0 Å². The number of aryl methyl sites for hydroxylation is 1. The monoisotopic (exact) mass is 194 g/mol. The molecule has 0 aromatic heterocycles. The quantitative estimate of drug-likeness (QED) is 0.686. The highest BCUT2D eigenvalue weighted by molar-refractivity contribution is 5.62. The highest BCUT2D eigenvalue weighted by atomic mass is 16.5. The molecule has 1 atom stereocenters. The molecule has 0 radical (unpaired) electrons. The highest BCUT2D eigenvalue weighted by Gasteiger charge is 2.14. The van der Waals surface area contributed by atoms with Crippen molar-refractivity contribution in [2.24, 2.45) is 0 Å². The van der Waals surface area contributed by atoms with E-state index < -0.39 is 6.10 Å². The van der Waals surface area contributed by atoms with E-state index in [2.05, 4.69) is 0 Å². The van der Waals surface area contributed by atoms with Crippen LogP contribution in [-0.2, 0) is 9.53 Å². The van der Waals surface area contributed by atoms with Gasteiger partial charge in [-0.1, -0.05) is 12.1 Å². The van der Waals surface area contributed by atoms with Crippen LogP contribution in [0.4, 0.5) is 0 Å². The molecular formula is C11H14O3. The molecule has 0 spiro atoms. The molecule has 0 aliphatic rings. The Kier molecular flexibility index (Phi) is 3.65. The summed E-state index contributed by atoms with van der Waals surface area (Å²) >= 11 is 0. The maximum atomic E-state index is 10.7. The van der Waals surface area contributed by atoms with E-state index in [1.165, 1.54) is 7.11 Å². The molecule has 1 rings (SSSR count). The van der Waals surface area contributed by atoms with Crippen molar-refractivity contribution >= 4 is 6.29 Å². The highest BCUT2D eigenvalue weighted by Crippen LogP contribution is 2.26. The summed E-state index contributed by atoms with van der Waals surface area (Å²) in [5.41, 5.74) is 1.85. The fraction of sp³-hybridized carbons (Fsp3) is 0.364. The Morgan fingerprint density at radius 3 is 2.57 bits per heavy atom. The molecule has 0 N–H and O–H groups in total. The molecule has 1 aromatic carbocycles. The molecule has 0 aliphatic carbocycles. The standard InChI is InChI=1S/C11H14O3/c1-8-4-5-9(10(6-8)13-2)11(7-12)14-3/h4-7,11H,1-3H3. The van der Waals surface area contributed by atoms with Crippen molar-refractivity contribution in [1.29, 1.82) is 0 Å². The fourth-order valence-corrected chi connectivity index (χ4v) is 1.31. The van der Waals surface area contributed by atoms with Gasteiger partial charge in [0.2, 0.25) is 0 Å². The molecule has 0 amide bonds. The molecule has 76 valence electrons. The normalized spacial score (nSPS) is 12.2. The Morgan fingerprint density at radius 1 is 1.36 bits per heavy atom. The van der Waals surface area contributed by atoms with Crippen molar-refractivity contribution in [3.05, 3.63) is 29.3 Å². The van der Waals surface area contributed by atoms with Gasteiger partial charge in [0.1, 0.15) is 11.9 Å². The third-order valence-corrected chi connectivity index (χ3v) is 2.07. The van der Waals surface area contributed by atoms with Gasteiger partial charge in [0.25, 0.3) is 0 Å². The summed E-state index contributed by atoms with van der Waals surface area (Å²) in [5.74, 6) is 0.684. The van der Waals surface area contributed by atoms with Crippen LogP contribution in [-0.4, -0.2) is 20.5 Å². The van der Waals surface area contributed by atoms with Crippen molar-refractivity contribution in [3.63, 3.8) is 0 Å². The minimum absolute atomic E-state index is 0.550. The zero-order chi connectivity index (χ0) is 10.6. The Bertz CT molecular complexity index is 320. The molecule has 0 bridgehead atoms. The van der Waals surface area contributed by atoms with E-state index in [4.69, 9.17) is 9.47 Å². The number of rotatable bonds is 4. The van der Waals surface area contributed by atoms with E-state index in [0.29, 0.717) is 5.75 Å².